The Labute approximate surface area is 255 Å². The number of aromatic nitrogens is 6. The Balaban J connectivity index is 0.000000175. The first-order valence-corrected chi connectivity index (χ1v) is 18.5. The number of hydrogen-bond acceptors (Lipinski definition) is 4. The summed E-state index contributed by atoms with van der Waals surface area (Å²) in [7, 11) is -2.87. The first-order chi connectivity index (χ1) is 21.3. The summed E-state index contributed by atoms with van der Waals surface area (Å²) in [5, 5.41) is 10.4. The maximum atomic E-state index is 13.2. The lowest BCUT2D eigenvalue weighted by Crippen LogP contribution is -2.59. The van der Waals surface area contributed by atoms with Crippen molar-refractivity contribution in [2.24, 2.45) is 0 Å². The van der Waals surface area contributed by atoms with E-state index in [-0.39, 0.29) is 28.8 Å². The highest BCUT2D eigenvalue weighted by atomic mass is 28.3. The zero-order chi connectivity index (χ0) is 30.9. The molecule has 224 valence electrons. The summed E-state index contributed by atoms with van der Waals surface area (Å²) >= 11 is 0. The van der Waals surface area contributed by atoms with Crippen LogP contribution in [0.3, 0.4) is 0 Å². The van der Waals surface area contributed by atoms with Crippen LogP contribution in [0.5, 0.6) is 0 Å². The van der Waals surface area contributed by atoms with Crippen LogP contribution in [-0.2, 0) is 12.3 Å². The van der Waals surface area contributed by atoms with Gasteiger partial charge in [-0.3, -0.25) is 9.36 Å². The van der Waals surface area contributed by atoms with Crippen molar-refractivity contribution >= 4 is 28.0 Å². The van der Waals surface area contributed by atoms with Crippen molar-refractivity contribution in [1.29, 1.82) is 0 Å². The van der Waals surface area contributed by atoms with E-state index < -0.39 is 17.6 Å². The highest BCUT2D eigenvalue weighted by molar-refractivity contribution is 7.00. The Morgan fingerprint density at radius 2 is 0.977 bits per heavy atom. The molecule has 2 aromatic heterocycles. The van der Waals surface area contributed by atoms with Gasteiger partial charge in [0.05, 0.1) is 9.52 Å². The van der Waals surface area contributed by atoms with E-state index in [0.717, 1.165) is 27.7 Å². The van der Waals surface area contributed by atoms with Gasteiger partial charge in [0, 0.05) is 12.3 Å². The molecular weight excluding hydrogens is 601 g/mol. The Kier molecular flexibility index (Phi) is 9.92. The molecule has 6 nitrogen and oxygen atoms in total. The summed E-state index contributed by atoms with van der Waals surface area (Å²) in [6.07, 6.45) is 7.84. The van der Waals surface area contributed by atoms with E-state index in [9.17, 15) is 17.6 Å². The second kappa shape index (κ2) is 14.2. The third-order valence-corrected chi connectivity index (χ3v) is 14.0. The van der Waals surface area contributed by atoms with E-state index >= 15 is 0 Å². The fourth-order valence-electron chi connectivity index (χ4n) is 5.15. The summed E-state index contributed by atoms with van der Waals surface area (Å²) in [5.41, 5.74) is 2.30. The van der Waals surface area contributed by atoms with Crippen molar-refractivity contribution in [3.63, 3.8) is 0 Å². The third kappa shape index (κ3) is 7.82. The molecule has 0 aliphatic heterocycles. The lowest BCUT2D eigenvalue weighted by Gasteiger charge is -2.28. The normalized spacial score (nSPS) is 11.6. The maximum Gasteiger partial charge on any atom is 0.137 e. The molecule has 0 spiro atoms. The monoisotopic (exact) mass is 630 g/mol. The molecule has 6 rings (SSSR count). The lowest BCUT2D eigenvalue weighted by atomic mass is 10.0. The molecular formula is C32H30F4N6Si2. The largest absolute Gasteiger partial charge is 0.257 e. The van der Waals surface area contributed by atoms with E-state index in [0.29, 0.717) is 6.17 Å². The Bertz CT molecular complexity index is 1620. The van der Waals surface area contributed by atoms with Crippen LogP contribution in [0.15, 0.2) is 122 Å². The highest BCUT2D eigenvalue weighted by Crippen LogP contribution is 2.24. The summed E-state index contributed by atoms with van der Waals surface area (Å²) in [6, 6.07) is 26.2. The van der Waals surface area contributed by atoms with Gasteiger partial charge in [0.25, 0.3) is 0 Å². The standard InChI is InChI=1S/2C16H15F2N3Si/c1-22(12-21-11-19-10-20-21,15-6-2-13(17)3-7-15)16-8-4-14(18)5-9-16;17-14-5-1-12(2-6-14)16(13-3-7-15(18)8-4-13)22-11-21-10-19-9-20-21/h2-11H,12H2,1H3;1-10,16H,11,22H2. The van der Waals surface area contributed by atoms with Crippen molar-refractivity contribution in [2.45, 2.75) is 24.4 Å². The van der Waals surface area contributed by atoms with Crippen LogP contribution in [0, 0.1) is 23.3 Å². The van der Waals surface area contributed by atoms with E-state index in [4.69, 9.17) is 0 Å². The van der Waals surface area contributed by atoms with Gasteiger partial charge in [-0.25, -0.2) is 27.5 Å². The average Bonchev–Trinajstić information content (AvgIpc) is 3.75. The fourth-order valence-corrected chi connectivity index (χ4v) is 10.4. The second-order valence-electron chi connectivity index (χ2n) is 10.5. The fraction of sp³-hybridized carbons (Fsp3) is 0.125. The highest BCUT2D eigenvalue weighted by Gasteiger charge is 2.33. The summed E-state index contributed by atoms with van der Waals surface area (Å²) < 4.78 is 56.4. The number of rotatable bonds is 9. The third-order valence-electron chi connectivity index (χ3n) is 7.57. The van der Waals surface area contributed by atoms with Crippen molar-refractivity contribution in [2.75, 3.05) is 0 Å². The number of nitrogens with zero attached hydrogens (tertiary/aromatic N) is 6. The van der Waals surface area contributed by atoms with Crippen molar-refractivity contribution in [3.8, 4) is 0 Å². The van der Waals surface area contributed by atoms with Gasteiger partial charge in [0.15, 0.2) is 0 Å². The van der Waals surface area contributed by atoms with Crippen LogP contribution in [0.1, 0.15) is 16.7 Å². The number of halogens is 4. The van der Waals surface area contributed by atoms with E-state index in [1.807, 2.05) is 28.9 Å². The topological polar surface area (TPSA) is 61.4 Å². The van der Waals surface area contributed by atoms with E-state index in [2.05, 4.69) is 26.7 Å². The van der Waals surface area contributed by atoms with Gasteiger partial charge >= 0.3 is 0 Å². The maximum absolute atomic E-state index is 13.2. The molecule has 6 aromatic rings. The minimum absolute atomic E-state index is 0.186. The molecule has 2 heterocycles. The molecule has 0 saturated heterocycles. The zero-order valence-corrected chi connectivity index (χ0v) is 26.4. The van der Waals surface area contributed by atoms with Gasteiger partial charge in [-0.2, -0.15) is 10.2 Å². The second-order valence-corrected chi connectivity index (χ2v) is 16.5. The smallest absolute Gasteiger partial charge is 0.137 e. The van der Waals surface area contributed by atoms with E-state index in [1.54, 1.807) is 41.6 Å². The van der Waals surface area contributed by atoms with Crippen molar-refractivity contribution in [1.82, 2.24) is 29.5 Å². The summed E-state index contributed by atoms with van der Waals surface area (Å²) in [5.74, 6) is -1.03. The number of benzene rings is 4. The van der Waals surface area contributed by atoms with Gasteiger partial charge in [-0.15, -0.1) is 0 Å². The van der Waals surface area contributed by atoms with Crippen LogP contribution in [0.25, 0.3) is 0 Å². The average molecular weight is 631 g/mol. The zero-order valence-electron chi connectivity index (χ0n) is 23.9. The van der Waals surface area contributed by atoms with Gasteiger partial charge in [0.1, 0.15) is 56.7 Å². The van der Waals surface area contributed by atoms with Crippen molar-refractivity contribution in [3.05, 3.63) is 157 Å². The van der Waals surface area contributed by atoms with Gasteiger partial charge in [-0.1, -0.05) is 65.5 Å². The first kappa shape index (κ1) is 30.8. The van der Waals surface area contributed by atoms with Gasteiger partial charge in [-0.05, 0) is 65.2 Å². The minimum Gasteiger partial charge on any atom is -0.257 e. The first-order valence-electron chi connectivity index (χ1n) is 14.0. The molecule has 0 fully saturated rings. The summed E-state index contributed by atoms with van der Waals surface area (Å²) in [4.78, 5) is 7.92. The molecule has 0 atom stereocenters. The van der Waals surface area contributed by atoms with Crippen LogP contribution in [-0.4, -0.2) is 47.1 Å². The quantitative estimate of drug-likeness (QED) is 0.175. The predicted molar refractivity (Wildman–Crippen MR) is 167 cm³/mol. The SMILES string of the molecule is C[Si](Cn1cncn1)(c1ccc(F)cc1)c1ccc(F)cc1.Fc1ccc(C([SiH2]Cn2cncn2)c2ccc(F)cc2)cc1. The molecule has 0 saturated carbocycles. The lowest BCUT2D eigenvalue weighted by molar-refractivity contribution is 0.626. The Morgan fingerprint density at radius 3 is 1.36 bits per heavy atom. The van der Waals surface area contributed by atoms with Crippen LogP contribution in [0.4, 0.5) is 17.6 Å². The Hall–Kier alpha value is -4.69. The molecule has 0 N–H and O–H groups in total. The number of hydrogen-bond donors (Lipinski definition) is 0. The summed E-state index contributed by atoms with van der Waals surface area (Å²) in [6.45, 7) is 2.16. The molecule has 44 heavy (non-hydrogen) atoms. The Morgan fingerprint density at radius 1 is 0.591 bits per heavy atom. The van der Waals surface area contributed by atoms with Gasteiger partial charge < -0.3 is 0 Å². The predicted octanol–water partition coefficient (Wildman–Crippen LogP) is 4.46. The molecule has 0 bridgehead atoms. The molecule has 0 unspecified atom stereocenters. The van der Waals surface area contributed by atoms with E-state index in [1.165, 1.54) is 61.2 Å². The molecule has 0 radical (unpaired) electrons. The van der Waals surface area contributed by atoms with Crippen molar-refractivity contribution < 1.29 is 17.6 Å². The van der Waals surface area contributed by atoms with Crippen LogP contribution in [0.2, 0.25) is 6.55 Å². The molecule has 0 amide bonds. The van der Waals surface area contributed by atoms with Gasteiger partial charge in [0.2, 0.25) is 0 Å². The molecule has 4 aromatic carbocycles. The molecule has 12 heteroatoms. The molecule has 0 aliphatic rings. The minimum atomic E-state index is -2.22. The van der Waals surface area contributed by atoms with Crippen LogP contribution >= 0.6 is 0 Å². The van der Waals surface area contributed by atoms with Crippen LogP contribution < -0.4 is 10.4 Å². The molecule has 0 aliphatic carbocycles.